The third-order valence-electron chi connectivity index (χ3n) is 2.28. The molecular formula is C10H19N3O4. The number of hydrogen-bond acceptors (Lipinski definition) is 3. The van der Waals surface area contributed by atoms with Crippen molar-refractivity contribution in [3.63, 3.8) is 0 Å². The number of rotatable bonds is 5. The molecule has 2 N–H and O–H groups in total. The molecule has 0 saturated heterocycles. The highest BCUT2D eigenvalue weighted by atomic mass is 16.4. The molecule has 98 valence electrons. The van der Waals surface area contributed by atoms with Gasteiger partial charge in [-0.25, -0.2) is 4.79 Å². The van der Waals surface area contributed by atoms with Gasteiger partial charge in [-0.1, -0.05) is 0 Å². The molecule has 7 heteroatoms. The summed E-state index contributed by atoms with van der Waals surface area (Å²) in [5, 5.41) is 10.9. The Labute approximate surface area is 100 Å². The molecule has 0 aromatic heterocycles. The van der Waals surface area contributed by atoms with Crippen molar-refractivity contribution in [2.75, 3.05) is 27.2 Å². The summed E-state index contributed by atoms with van der Waals surface area (Å²) in [5.41, 5.74) is 0. The van der Waals surface area contributed by atoms with E-state index in [1.54, 1.807) is 14.0 Å². The Morgan fingerprint density at radius 3 is 2.18 bits per heavy atom. The lowest BCUT2D eigenvalue weighted by atomic mass is 10.3. The van der Waals surface area contributed by atoms with Gasteiger partial charge in [-0.15, -0.1) is 0 Å². The highest BCUT2D eigenvalue weighted by molar-refractivity contribution is 5.87. The number of likely N-dealkylation sites (N-methyl/N-ethyl adjacent to an activating group) is 2. The Balaban J connectivity index is 4.29. The molecule has 0 saturated carbocycles. The molecule has 3 amide bonds. The van der Waals surface area contributed by atoms with Gasteiger partial charge in [-0.3, -0.25) is 9.59 Å². The van der Waals surface area contributed by atoms with E-state index in [0.717, 1.165) is 4.90 Å². The summed E-state index contributed by atoms with van der Waals surface area (Å²) in [5.74, 6) is -1.32. The number of carboxylic acids is 1. The van der Waals surface area contributed by atoms with Gasteiger partial charge >= 0.3 is 12.0 Å². The van der Waals surface area contributed by atoms with Crippen molar-refractivity contribution in [3.8, 4) is 0 Å². The fourth-order valence-electron chi connectivity index (χ4n) is 1.12. The number of nitrogens with one attached hydrogen (secondary N) is 1. The number of carbonyl (C=O) groups excluding carboxylic acids is 2. The van der Waals surface area contributed by atoms with Gasteiger partial charge in [0.1, 0.15) is 12.6 Å². The normalized spacial score (nSPS) is 11.5. The van der Waals surface area contributed by atoms with Gasteiger partial charge in [0.25, 0.3) is 0 Å². The Morgan fingerprint density at radius 2 is 1.76 bits per heavy atom. The first-order valence-corrected chi connectivity index (χ1v) is 5.28. The summed E-state index contributed by atoms with van der Waals surface area (Å²) in [4.78, 5) is 36.0. The minimum absolute atomic E-state index is 0.218. The highest BCUT2D eigenvalue weighted by Gasteiger charge is 2.20. The minimum atomic E-state index is -1.10. The van der Waals surface area contributed by atoms with E-state index in [-0.39, 0.29) is 5.91 Å². The molecule has 0 aliphatic rings. The zero-order valence-corrected chi connectivity index (χ0v) is 10.6. The van der Waals surface area contributed by atoms with E-state index in [2.05, 4.69) is 5.32 Å². The van der Waals surface area contributed by atoms with E-state index in [4.69, 9.17) is 5.11 Å². The molecule has 0 spiro atoms. The van der Waals surface area contributed by atoms with E-state index in [1.807, 2.05) is 6.92 Å². The van der Waals surface area contributed by atoms with Crippen molar-refractivity contribution < 1.29 is 19.5 Å². The van der Waals surface area contributed by atoms with Crippen LogP contribution in [0.4, 0.5) is 4.79 Å². The van der Waals surface area contributed by atoms with Crippen LogP contribution in [0, 0.1) is 0 Å². The van der Waals surface area contributed by atoms with Crippen molar-refractivity contribution in [1.29, 1.82) is 0 Å². The first-order chi connectivity index (χ1) is 7.79. The summed E-state index contributed by atoms with van der Waals surface area (Å²) in [6.07, 6.45) is 0. The molecular weight excluding hydrogens is 226 g/mol. The second-order valence-corrected chi connectivity index (χ2v) is 3.77. The van der Waals surface area contributed by atoms with Gasteiger partial charge < -0.3 is 20.2 Å². The zero-order chi connectivity index (χ0) is 13.6. The second-order valence-electron chi connectivity index (χ2n) is 3.77. The third-order valence-corrected chi connectivity index (χ3v) is 2.28. The number of carbonyl (C=O) groups is 3. The van der Waals surface area contributed by atoms with E-state index >= 15 is 0 Å². The average molecular weight is 245 g/mol. The lowest BCUT2D eigenvalue weighted by molar-refractivity contribution is -0.137. The minimum Gasteiger partial charge on any atom is -0.480 e. The maximum absolute atomic E-state index is 11.6. The summed E-state index contributed by atoms with van der Waals surface area (Å²) in [6, 6.07) is -1.26. The van der Waals surface area contributed by atoms with Crippen LogP contribution in [0.15, 0.2) is 0 Å². The Bertz CT molecular complexity index is 306. The van der Waals surface area contributed by atoms with Gasteiger partial charge in [0, 0.05) is 20.6 Å². The van der Waals surface area contributed by atoms with Crippen molar-refractivity contribution in [3.05, 3.63) is 0 Å². The van der Waals surface area contributed by atoms with Gasteiger partial charge in [0.15, 0.2) is 0 Å². The van der Waals surface area contributed by atoms with Crippen LogP contribution in [-0.2, 0) is 9.59 Å². The molecule has 0 aromatic rings. The molecule has 0 rings (SSSR count). The first kappa shape index (κ1) is 15.2. The summed E-state index contributed by atoms with van der Waals surface area (Å²) < 4.78 is 0. The quantitative estimate of drug-likeness (QED) is 0.688. The maximum atomic E-state index is 11.6. The fraction of sp³-hybridized carbons (Fsp3) is 0.700. The van der Waals surface area contributed by atoms with Crippen molar-refractivity contribution >= 4 is 17.9 Å². The largest absolute Gasteiger partial charge is 0.480 e. The van der Waals surface area contributed by atoms with Gasteiger partial charge in [-0.2, -0.15) is 0 Å². The zero-order valence-electron chi connectivity index (χ0n) is 10.6. The number of aliphatic carboxylic acids is 1. The topological polar surface area (TPSA) is 90.0 Å². The van der Waals surface area contributed by atoms with Crippen LogP contribution >= 0.6 is 0 Å². The molecule has 1 unspecified atom stereocenters. The molecule has 7 nitrogen and oxygen atoms in total. The Hall–Kier alpha value is -1.79. The molecule has 0 aliphatic carbocycles. The van der Waals surface area contributed by atoms with Crippen molar-refractivity contribution in [1.82, 2.24) is 15.1 Å². The van der Waals surface area contributed by atoms with Crippen molar-refractivity contribution in [2.45, 2.75) is 19.9 Å². The fourth-order valence-corrected chi connectivity index (χ4v) is 1.12. The Morgan fingerprint density at radius 1 is 1.24 bits per heavy atom. The molecule has 17 heavy (non-hydrogen) atoms. The highest BCUT2D eigenvalue weighted by Crippen LogP contribution is 1.93. The number of urea groups is 1. The average Bonchev–Trinajstić information content (AvgIpc) is 2.25. The predicted molar refractivity (Wildman–Crippen MR) is 61.6 cm³/mol. The first-order valence-electron chi connectivity index (χ1n) is 5.28. The van der Waals surface area contributed by atoms with Crippen LogP contribution in [0.5, 0.6) is 0 Å². The SMILES string of the molecule is CCN(C)C(=O)C(C)NC(=O)N(C)CC(=O)O. The number of amides is 3. The lowest BCUT2D eigenvalue weighted by Gasteiger charge is -2.23. The monoisotopic (exact) mass is 245 g/mol. The molecule has 0 heterocycles. The predicted octanol–water partition coefficient (Wildman–Crippen LogP) is -0.421. The van der Waals surface area contributed by atoms with Gasteiger partial charge in [0.05, 0.1) is 0 Å². The van der Waals surface area contributed by atoms with Crippen LogP contribution in [-0.4, -0.2) is 66.0 Å². The maximum Gasteiger partial charge on any atom is 0.323 e. The van der Waals surface area contributed by atoms with Gasteiger partial charge in [-0.05, 0) is 13.8 Å². The van der Waals surface area contributed by atoms with E-state index in [9.17, 15) is 14.4 Å². The van der Waals surface area contributed by atoms with Crippen LogP contribution in [0.2, 0.25) is 0 Å². The summed E-state index contributed by atoms with van der Waals surface area (Å²) in [7, 11) is 2.98. The van der Waals surface area contributed by atoms with Crippen LogP contribution in [0.3, 0.4) is 0 Å². The second kappa shape index (κ2) is 6.72. The third kappa shape index (κ3) is 5.19. The molecule has 0 fully saturated rings. The van der Waals surface area contributed by atoms with Crippen LogP contribution in [0.1, 0.15) is 13.8 Å². The molecule has 0 radical (unpaired) electrons. The Kier molecular flexibility index (Phi) is 6.01. The lowest BCUT2D eigenvalue weighted by Crippen LogP contribution is -2.50. The molecule has 0 aliphatic heterocycles. The molecule has 0 aromatic carbocycles. The smallest absolute Gasteiger partial charge is 0.323 e. The standard InChI is InChI=1S/C10H19N3O4/c1-5-12(3)9(16)7(2)11-10(17)13(4)6-8(14)15/h7H,5-6H2,1-4H3,(H,11,17)(H,14,15). The van der Waals surface area contributed by atoms with E-state index < -0.39 is 24.6 Å². The van der Waals surface area contributed by atoms with Crippen LogP contribution < -0.4 is 5.32 Å². The summed E-state index contributed by atoms with van der Waals surface area (Å²) >= 11 is 0. The number of nitrogens with zero attached hydrogens (tertiary/aromatic N) is 2. The van der Waals surface area contributed by atoms with Crippen LogP contribution in [0.25, 0.3) is 0 Å². The number of carboxylic acid groups (broad SMARTS) is 1. The van der Waals surface area contributed by atoms with Gasteiger partial charge in [0.2, 0.25) is 5.91 Å². The van der Waals surface area contributed by atoms with E-state index in [0.29, 0.717) is 6.54 Å². The molecule has 0 bridgehead atoms. The van der Waals surface area contributed by atoms with Crippen molar-refractivity contribution in [2.24, 2.45) is 0 Å². The van der Waals surface area contributed by atoms with E-state index in [1.165, 1.54) is 11.9 Å². The molecule has 1 atom stereocenters. The number of hydrogen-bond donors (Lipinski definition) is 2. The summed E-state index contributed by atoms with van der Waals surface area (Å²) in [6.45, 7) is 3.52.